The number of phenols is 1. The molecule has 0 aliphatic carbocycles. The second-order valence-corrected chi connectivity index (χ2v) is 4.03. The van der Waals surface area contributed by atoms with Crippen molar-refractivity contribution >= 4 is 21.9 Å². The minimum Gasteiger partial charge on any atom is -0.506 e. The molecule has 0 aliphatic heterocycles. The molecule has 1 aromatic rings. The summed E-state index contributed by atoms with van der Waals surface area (Å²) >= 11 is 3.08. The molecule has 17 heavy (non-hydrogen) atoms. The molecule has 0 bridgehead atoms. The van der Waals surface area contributed by atoms with Crippen LogP contribution in [0.1, 0.15) is 11.6 Å². The summed E-state index contributed by atoms with van der Waals surface area (Å²) in [4.78, 5) is 10.9. The highest BCUT2D eigenvalue weighted by Crippen LogP contribution is 2.44. The van der Waals surface area contributed by atoms with E-state index in [0.717, 1.165) is 0 Å². The van der Waals surface area contributed by atoms with Crippen LogP contribution in [0.5, 0.6) is 17.2 Å². The van der Waals surface area contributed by atoms with Crippen molar-refractivity contribution in [2.75, 3.05) is 14.2 Å². The van der Waals surface area contributed by atoms with Crippen LogP contribution in [0.25, 0.3) is 0 Å². The molecular weight excluding hydrogens is 294 g/mol. The first-order valence-electron chi connectivity index (χ1n) is 4.55. The van der Waals surface area contributed by atoms with Gasteiger partial charge in [-0.2, -0.15) is 0 Å². The van der Waals surface area contributed by atoms with E-state index in [0.29, 0.717) is 0 Å². The van der Waals surface area contributed by atoms with Gasteiger partial charge in [-0.1, -0.05) is 0 Å². The third-order valence-corrected chi connectivity index (χ3v) is 2.81. The van der Waals surface area contributed by atoms with Gasteiger partial charge in [-0.3, -0.25) is 4.79 Å². The molecule has 6 nitrogen and oxygen atoms in total. The predicted molar refractivity (Wildman–Crippen MR) is 63.5 cm³/mol. The van der Waals surface area contributed by atoms with Crippen LogP contribution in [0.15, 0.2) is 10.5 Å². The van der Waals surface area contributed by atoms with Gasteiger partial charge in [-0.15, -0.1) is 0 Å². The Hall–Kier alpha value is -1.47. The lowest BCUT2D eigenvalue weighted by Gasteiger charge is -2.17. The van der Waals surface area contributed by atoms with Crippen molar-refractivity contribution < 1.29 is 24.5 Å². The molecule has 0 spiro atoms. The quantitative estimate of drug-likeness (QED) is 0.774. The van der Waals surface area contributed by atoms with Crippen molar-refractivity contribution in [3.05, 3.63) is 16.1 Å². The minimum absolute atomic E-state index is 0.0359. The molecular formula is C10H12BrNO5. The Morgan fingerprint density at radius 1 is 1.47 bits per heavy atom. The summed E-state index contributed by atoms with van der Waals surface area (Å²) in [5.74, 6) is -1.18. The van der Waals surface area contributed by atoms with Gasteiger partial charge in [0.15, 0.2) is 11.5 Å². The van der Waals surface area contributed by atoms with Gasteiger partial charge in [0.05, 0.1) is 24.3 Å². The average molecular weight is 306 g/mol. The summed E-state index contributed by atoms with van der Waals surface area (Å²) in [6, 6.07) is 0.0584. The lowest BCUT2D eigenvalue weighted by atomic mass is 10.0. The third kappa shape index (κ3) is 2.45. The minimum atomic E-state index is -1.41. The molecule has 7 heteroatoms. The van der Waals surface area contributed by atoms with Crippen molar-refractivity contribution in [2.45, 2.75) is 6.04 Å². The van der Waals surface area contributed by atoms with E-state index in [2.05, 4.69) is 15.9 Å². The number of nitrogens with two attached hydrogens (primary N) is 1. The van der Waals surface area contributed by atoms with Crippen molar-refractivity contribution in [1.29, 1.82) is 0 Å². The Morgan fingerprint density at radius 2 is 2.06 bits per heavy atom. The molecule has 0 aromatic heterocycles. The molecule has 1 atom stereocenters. The number of phenolic OH excluding ortho intramolecular Hbond substituents is 1. The number of aliphatic carboxylic acids is 1. The highest BCUT2D eigenvalue weighted by atomic mass is 79.9. The molecule has 0 saturated heterocycles. The number of methoxy groups -OCH3 is 2. The summed E-state index contributed by atoms with van der Waals surface area (Å²) in [6.07, 6.45) is 0. The van der Waals surface area contributed by atoms with E-state index in [1.807, 2.05) is 0 Å². The fourth-order valence-corrected chi connectivity index (χ4v) is 1.81. The monoisotopic (exact) mass is 305 g/mol. The zero-order valence-electron chi connectivity index (χ0n) is 9.23. The molecule has 0 heterocycles. The third-order valence-electron chi connectivity index (χ3n) is 2.21. The summed E-state index contributed by atoms with van der Waals surface area (Å²) < 4.78 is 10.3. The Morgan fingerprint density at radius 3 is 2.47 bits per heavy atom. The van der Waals surface area contributed by atoms with Gasteiger partial charge in [-0.05, 0) is 15.9 Å². The summed E-state index contributed by atoms with van der Waals surface area (Å²) in [5, 5.41) is 18.7. The lowest BCUT2D eigenvalue weighted by molar-refractivity contribution is -0.138. The zero-order valence-corrected chi connectivity index (χ0v) is 10.8. The standard InChI is InChI=1S/C10H12BrNO5/c1-16-5-3-4(11)8(13)6(9(5)17-2)7(12)10(14)15/h3,7,13H,12H2,1-2H3,(H,14,15). The van der Waals surface area contributed by atoms with Crippen molar-refractivity contribution in [3.63, 3.8) is 0 Å². The number of carbonyl (C=O) groups is 1. The maximum absolute atomic E-state index is 10.9. The molecule has 0 aliphatic rings. The second kappa shape index (κ2) is 5.24. The number of rotatable bonds is 4. The van der Waals surface area contributed by atoms with E-state index in [4.69, 9.17) is 20.3 Å². The van der Waals surface area contributed by atoms with E-state index in [-0.39, 0.29) is 27.3 Å². The van der Waals surface area contributed by atoms with E-state index < -0.39 is 12.0 Å². The SMILES string of the molecule is COc1cc(Br)c(O)c(C(N)C(=O)O)c1OC. The van der Waals surface area contributed by atoms with Gasteiger partial charge in [0.2, 0.25) is 0 Å². The summed E-state index contributed by atoms with van der Waals surface area (Å²) in [5.41, 5.74) is 5.46. The van der Waals surface area contributed by atoms with E-state index >= 15 is 0 Å². The Kier molecular flexibility index (Phi) is 4.19. The van der Waals surface area contributed by atoms with Crippen LogP contribution in [0.3, 0.4) is 0 Å². The van der Waals surface area contributed by atoms with Crippen LogP contribution in [-0.2, 0) is 4.79 Å². The smallest absolute Gasteiger partial charge is 0.325 e. The average Bonchev–Trinajstić information content (AvgIpc) is 2.30. The number of aromatic hydroxyl groups is 1. The number of carboxylic acid groups (broad SMARTS) is 1. The Bertz CT molecular complexity index is 449. The Labute approximate surface area is 106 Å². The normalized spacial score (nSPS) is 12.0. The van der Waals surface area contributed by atoms with Gasteiger partial charge in [-0.25, -0.2) is 0 Å². The number of hydrogen-bond donors (Lipinski definition) is 3. The Balaban J connectivity index is 3.53. The number of hydrogen-bond acceptors (Lipinski definition) is 5. The van der Waals surface area contributed by atoms with Crippen molar-refractivity contribution in [3.8, 4) is 17.2 Å². The first-order chi connectivity index (χ1) is 7.93. The summed E-state index contributed by atoms with van der Waals surface area (Å²) in [6.45, 7) is 0. The highest BCUT2D eigenvalue weighted by molar-refractivity contribution is 9.10. The fraction of sp³-hybridized carbons (Fsp3) is 0.300. The van der Waals surface area contributed by atoms with Crippen molar-refractivity contribution in [1.82, 2.24) is 0 Å². The molecule has 1 unspecified atom stereocenters. The maximum atomic E-state index is 10.9. The number of benzene rings is 1. The van der Waals surface area contributed by atoms with Gasteiger partial charge < -0.3 is 25.4 Å². The van der Waals surface area contributed by atoms with Crippen LogP contribution in [0.4, 0.5) is 0 Å². The summed E-state index contributed by atoms with van der Waals surface area (Å²) in [7, 11) is 2.74. The van der Waals surface area contributed by atoms with Gasteiger partial charge in [0.1, 0.15) is 11.8 Å². The van der Waals surface area contributed by atoms with Crippen LogP contribution in [0, 0.1) is 0 Å². The zero-order chi connectivity index (χ0) is 13.2. The maximum Gasteiger partial charge on any atom is 0.325 e. The fourth-order valence-electron chi connectivity index (χ4n) is 1.39. The molecule has 0 radical (unpaired) electrons. The molecule has 0 amide bonds. The molecule has 1 rings (SSSR count). The first kappa shape index (κ1) is 13.6. The largest absolute Gasteiger partial charge is 0.506 e. The van der Waals surface area contributed by atoms with Gasteiger partial charge in [0, 0.05) is 6.07 Å². The van der Waals surface area contributed by atoms with E-state index in [1.165, 1.54) is 20.3 Å². The van der Waals surface area contributed by atoms with Crippen LogP contribution in [0.2, 0.25) is 0 Å². The number of halogens is 1. The van der Waals surface area contributed by atoms with Crippen LogP contribution >= 0.6 is 15.9 Å². The topological polar surface area (TPSA) is 102 Å². The second-order valence-electron chi connectivity index (χ2n) is 3.17. The predicted octanol–water partition coefficient (Wildman–Crippen LogP) is 1.26. The molecule has 1 aromatic carbocycles. The van der Waals surface area contributed by atoms with Crippen LogP contribution in [-0.4, -0.2) is 30.4 Å². The van der Waals surface area contributed by atoms with Crippen LogP contribution < -0.4 is 15.2 Å². The molecule has 0 saturated carbocycles. The number of carboxylic acids is 1. The van der Waals surface area contributed by atoms with E-state index in [9.17, 15) is 9.90 Å². The lowest BCUT2D eigenvalue weighted by Crippen LogP contribution is -2.21. The highest BCUT2D eigenvalue weighted by Gasteiger charge is 2.27. The molecule has 0 fully saturated rings. The first-order valence-corrected chi connectivity index (χ1v) is 5.35. The van der Waals surface area contributed by atoms with E-state index in [1.54, 1.807) is 0 Å². The number of ether oxygens (including phenoxy) is 2. The van der Waals surface area contributed by atoms with Crippen molar-refractivity contribution in [2.24, 2.45) is 5.73 Å². The molecule has 4 N–H and O–H groups in total. The van der Waals surface area contributed by atoms with Gasteiger partial charge in [0.25, 0.3) is 0 Å². The van der Waals surface area contributed by atoms with Gasteiger partial charge >= 0.3 is 5.97 Å². The molecule has 94 valence electrons.